The molecule has 4 aromatic rings. The molecule has 0 radical (unpaired) electrons. The maximum absolute atomic E-state index is 13.1. The van der Waals surface area contributed by atoms with E-state index in [0.717, 1.165) is 47.4 Å². The van der Waals surface area contributed by atoms with Gasteiger partial charge in [-0.2, -0.15) is 5.10 Å². The summed E-state index contributed by atoms with van der Waals surface area (Å²) in [5.41, 5.74) is 3.58. The Balaban J connectivity index is 1.12. The maximum atomic E-state index is 13.1. The molecule has 2 aromatic carbocycles. The fourth-order valence-corrected chi connectivity index (χ4v) is 5.60. The van der Waals surface area contributed by atoms with Crippen LogP contribution in [0.4, 0.5) is 4.39 Å². The molecule has 3 heterocycles. The van der Waals surface area contributed by atoms with Crippen molar-refractivity contribution in [3.8, 4) is 17.0 Å². The zero-order chi connectivity index (χ0) is 24.4. The number of piperidine rings is 1. The Hall–Kier alpha value is -3.07. The number of β-amino-alcohol motifs (C(OH)–C–C–N with tert-alkyl or cyclic N) is 1. The van der Waals surface area contributed by atoms with Crippen LogP contribution in [-0.4, -0.2) is 57.9 Å². The van der Waals surface area contributed by atoms with Gasteiger partial charge in [0, 0.05) is 30.6 Å². The predicted molar refractivity (Wildman–Crippen MR) is 135 cm³/mol. The van der Waals surface area contributed by atoms with Crippen molar-refractivity contribution in [3.05, 3.63) is 71.4 Å². The van der Waals surface area contributed by atoms with E-state index in [9.17, 15) is 14.3 Å². The molecule has 35 heavy (non-hydrogen) atoms. The molecule has 0 spiro atoms. The number of aryl methyl sites for hydroxylation is 1. The highest BCUT2D eigenvalue weighted by atomic mass is 32.1. The molecule has 1 aliphatic rings. The van der Waals surface area contributed by atoms with Crippen molar-refractivity contribution in [1.29, 1.82) is 0 Å². The minimum atomic E-state index is -0.637. The first-order chi connectivity index (χ1) is 17.0. The molecule has 182 valence electrons. The van der Waals surface area contributed by atoms with Crippen LogP contribution < -0.4 is 4.74 Å². The van der Waals surface area contributed by atoms with Gasteiger partial charge in [-0.1, -0.05) is 12.1 Å². The van der Waals surface area contributed by atoms with Gasteiger partial charge < -0.3 is 14.7 Å². The Morgan fingerprint density at radius 2 is 1.97 bits per heavy atom. The molecule has 2 aromatic heterocycles. The molecule has 8 heteroatoms. The fraction of sp³-hybridized carbons (Fsp3) is 0.333. The summed E-state index contributed by atoms with van der Waals surface area (Å²) < 4.78 is 22.1. The van der Waals surface area contributed by atoms with E-state index in [0.29, 0.717) is 17.9 Å². The SMILES string of the molecule is Cn1nc(-c2cccc(OC[C@H](O)CN3CCC(C(=O)c4ccc(F)cc4)CC3)c2)c2sccc21. The van der Waals surface area contributed by atoms with Crippen molar-refractivity contribution in [2.45, 2.75) is 18.9 Å². The van der Waals surface area contributed by atoms with Crippen LogP contribution >= 0.6 is 11.3 Å². The standard InChI is InChI=1S/C27H28FN3O3S/c1-30-24-11-14-35-27(24)25(29-30)20-3-2-4-23(15-20)34-17-22(32)16-31-12-9-19(10-13-31)26(33)18-5-7-21(28)8-6-18/h2-8,11,14-15,19,22,32H,9-10,12-13,16-17H2,1H3/t22-/m1/s1. The maximum Gasteiger partial charge on any atom is 0.166 e. The molecule has 1 fully saturated rings. The van der Waals surface area contributed by atoms with E-state index in [-0.39, 0.29) is 24.1 Å². The summed E-state index contributed by atoms with van der Waals surface area (Å²) in [6, 6.07) is 15.6. The Bertz CT molecular complexity index is 1310. The number of Topliss-reactive ketones (excluding diaryl/α,β-unsaturated/α-hetero) is 1. The Kier molecular flexibility index (Phi) is 6.95. The lowest BCUT2D eigenvalue weighted by atomic mass is 9.89. The largest absolute Gasteiger partial charge is 0.491 e. The number of ether oxygens (including phenoxy) is 1. The van der Waals surface area contributed by atoms with Crippen LogP contribution in [0.3, 0.4) is 0 Å². The number of benzene rings is 2. The normalized spacial score (nSPS) is 16.0. The fourth-order valence-electron chi connectivity index (χ4n) is 4.68. The molecule has 0 unspecified atom stereocenters. The summed E-state index contributed by atoms with van der Waals surface area (Å²) in [4.78, 5) is 14.8. The number of hydrogen-bond donors (Lipinski definition) is 1. The van der Waals surface area contributed by atoms with Crippen LogP contribution in [0.15, 0.2) is 60.0 Å². The first-order valence-corrected chi connectivity index (χ1v) is 12.7. The van der Waals surface area contributed by atoms with Gasteiger partial charge in [-0.25, -0.2) is 4.39 Å². The first kappa shape index (κ1) is 23.7. The van der Waals surface area contributed by atoms with E-state index >= 15 is 0 Å². The molecule has 5 rings (SSSR count). The molecular formula is C27H28FN3O3S. The number of aliphatic hydroxyl groups is 1. The number of halogens is 1. The van der Waals surface area contributed by atoms with Gasteiger partial charge in [0.1, 0.15) is 30.0 Å². The average Bonchev–Trinajstić information content (AvgIpc) is 3.48. The Labute approximate surface area is 207 Å². The number of aromatic nitrogens is 2. The van der Waals surface area contributed by atoms with E-state index in [1.165, 1.54) is 12.1 Å². The number of thiophene rings is 1. The minimum absolute atomic E-state index is 0.0609. The van der Waals surface area contributed by atoms with Gasteiger partial charge in [0.15, 0.2) is 5.78 Å². The lowest BCUT2D eigenvalue weighted by Crippen LogP contribution is -2.42. The third kappa shape index (κ3) is 5.29. The van der Waals surface area contributed by atoms with Crippen LogP contribution in [-0.2, 0) is 7.05 Å². The van der Waals surface area contributed by atoms with Gasteiger partial charge in [0.2, 0.25) is 0 Å². The number of likely N-dealkylation sites (tertiary alicyclic amines) is 1. The van der Waals surface area contributed by atoms with Crippen molar-refractivity contribution in [2.75, 3.05) is 26.2 Å². The van der Waals surface area contributed by atoms with Crippen molar-refractivity contribution in [1.82, 2.24) is 14.7 Å². The van der Waals surface area contributed by atoms with E-state index < -0.39 is 6.10 Å². The highest BCUT2D eigenvalue weighted by Gasteiger charge is 2.27. The molecule has 1 N–H and O–H groups in total. The van der Waals surface area contributed by atoms with Crippen LogP contribution in [0, 0.1) is 11.7 Å². The summed E-state index contributed by atoms with van der Waals surface area (Å²) in [6.07, 6.45) is 0.821. The number of hydrogen-bond acceptors (Lipinski definition) is 6. The molecular weight excluding hydrogens is 465 g/mol. The summed E-state index contributed by atoms with van der Waals surface area (Å²) in [5, 5.41) is 17.3. The Morgan fingerprint density at radius 1 is 1.20 bits per heavy atom. The summed E-state index contributed by atoms with van der Waals surface area (Å²) in [5.74, 6) is 0.367. The Morgan fingerprint density at radius 3 is 2.74 bits per heavy atom. The van der Waals surface area contributed by atoms with Gasteiger partial charge >= 0.3 is 0 Å². The average molecular weight is 494 g/mol. The minimum Gasteiger partial charge on any atom is -0.491 e. The first-order valence-electron chi connectivity index (χ1n) is 11.8. The van der Waals surface area contributed by atoms with Crippen LogP contribution in [0.25, 0.3) is 21.5 Å². The smallest absolute Gasteiger partial charge is 0.166 e. The molecule has 1 saturated heterocycles. The van der Waals surface area contributed by atoms with Crippen molar-refractivity contribution in [2.24, 2.45) is 13.0 Å². The van der Waals surface area contributed by atoms with Gasteiger partial charge in [-0.05, 0) is 73.8 Å². The number of rotatable bonds is 8. The van der Waals surface area contributed by atoms with Gasteiger partial charge in [0.05, 0.1) is 10.2 Å². The van der Waals surface area contributed by atoms with Crippen molar-refractivity contribution < 1.29 is 19.0 Å². The topological polar surface area (TPSA) is 67.6 Å². The quantitative estimate of drug-likeness (QED) is 0.358. The van der Waals surface area contributed by atoms with Gasteiger partial charge in [0.25, 0.3) is 0 Å². The van der Waals surface area contributed by atoms with E-state index in [4.69, 9.17) is 4.74 Å². The molecule has 0 saturated carbocycles. The summed E-state index contributed by atoms with van der Waals surface area (Å²) >= 11 is 1.67. The van der Waals surface area contributed by atoms with Crippen LogP contribution in [0.2, 0.25) is 0 Å². The number of carbonyl (C=O) groups is 1. The van der Waals surface area contributed by atoms with E-state index in [1.807, 2.05) is 36.0 Å². The number of nitrogens with zero attached hydrogens (tertiary/aromatic N) is 3. The second-order valence-electron chi connectivity index (χ2n) is 9.05. The highest BCUT2D eigenvalue weighted by molar-refractivity contribution is 7.17. The number of fused-ring (bicyclic) bond motifs is 1. The van der Waals surface area contributed by atoms with Crippen LogP contribution in [0.1, 0.15) is 23.2 Å². The number of ketones is 1. The summed E-state index contributed by atoms with van der Waals surface area (Å²) in [6.45, 7) is 2.16. The monoisotopic (exact) mass is 493 g/mol. The molecule has 0 bridgehead atoms. The third-order valence-electron chi connectivity index (χ3n) is 6.56. The van der Waals surface area contributed by atoms with Crippen molar-refractivity contribution in [3.63, 3.8) is 0 Å². The molecule has 1 atom stereocenters. The van der Waals surface area contributed by atoms with Crippen molar-refractivity contribution >= 4 is 27.3 Å². The molecule has 6 nitrogen and oxygen atoms in total. The lowest BCUT2D eigenvalue weighted by molar-refractivity contribution is 0.0524. The lowest BCUT2D eigenvalue weighted by Gasteiger charge is -2.32. The number of carbonyl (C=O) groups excluding carboxylic acids is 1. The second-order valence-corrected chi connectivity index (χ2v) is 9.96. The molecule has 1 aliphatic heterocycles. The zero-order valence-electron chi connectivity index (χ0n) is 19.6. The predicted octanol–water partition coefficient (Wildman–Crippen LogP) is 4.78. The zero-order valence-corrected chi connectivity index (χ0v) is 20.4. The van der Waals surface area contributed by atoms with E-state index in [1.54, 1.807) is 23.5 Å². The highest BCUT2D eigenvalue weighted by Crippen LogP contribution is 2.33. The van der Waals surface area contributed by atoms with Crippen LogP contribution in [0.5, 0.6) is 5.75 Å². The molecule has 0 aliphatic carbocycles. The second kappa shape index (κ2) is 10.3. The third-order valence-corrected chi connectivity index (χ3v) is 7.47. The summed E-state index contributed by atoms with van der Waals surface area (Å²) in [7, 11) is 1.94. The number of aliphatic hydroxyl groups excluding tert-OH is 1. The van der Waals surface area contributed by atoms with Gasteiger partial charge in [-0.3, -0.25) is 9.48 Å². The van der Waals surface area contributed by atoms with E-state index in [2.05, 4.69) is 21.4 Å². The van der Waals surface area contributed by atoms with Gasteiger partial charge in [-0.15, -0.1) is 11.3 Å². The molecule has 0 amide bonds.